The summed E-state index contributed by atoms with van der Waals surface area (Å²) in [5.41, 5.74) is 4.22. The molecule has 4 heteroatoms. The molecule has 1 aromatic carbocycles. The molecule has 0 aliphatic heterocycles. The number of nitrogens with one attached hydrogen (secondary N) is 1. The monoisotopic (exact) mass is 266 g/mol. The lowest BCUT2D eigenvalue weighted by Crippen LogP contribution is -2.17. The van der Waals surface area contributed by atoms with Gasteiger partial charge in [-0.05, 0) is 37.6 Å². The normalized spacial score (nSPS) is 12.6. The van der Waals surface area contributed by atoms with Gasteiger partial charge in [-0.3, -0.25) is 4.98 Å². The third-order valence-electron chi connectivity index (χ3n) is 2.78. The summed E-state index contributed by atoms with van der Waals surface area (Å²) in [6.45, 7) is 2.05. The van der Waals surface area contributed by atoms with E-state index in [-0.39, 0.29) is 6.04 Å². The lowest BCUT2D eigenvalue weighted by atomic mass is 10.0. The van der Waals surface area contributed by atoms with Crippen LogP contribution in [0.15, 0.2) is 29.9 Å². The van der Waals surface area contributed by atoms with Crippen LogP contribution in [0.3, 0.4) is 0 Å². The van der Waals surface area contributed by atoms with Gasteiger partial charge in [-0.25, -0.2) is 0 Å². The van der Waals surface area contributed by atoms with Crippen LogP contribution in [0.4, 0.5) is 0 Å². The van der Waals surface area contributed by atoms with Crippen LogP contribution in [0.2, 0.25) is 5.02 Å². The molecule has 1 atom stereocenters. The first-order chi connectivity index (χ1) is 8.20. The van der Waals surface area contributed by atoms with Gasteiger partial charge in [0.2, 0.25) is 0 Å². The van der Waals surface area contributed by atoms with Crippen molar-refractivity contribution in [1.82, 2.24) is 10.3 Å². The van der Waals surface area contributed by atoms with Crippen molar-refractivity contribution >= 4 is 22.9 Å². The zero-order valence-electron chi connectivity index (χ0n) is 9.90. The summed E-state index contributed by atoms with van der Waals surface area (Å²) in [7, 11) is 1.96. The van der Waals surface area contributed by atoms with Crippen molar-refractivity contribution in [2.24, 2.45) is 0 Å². The Morgan fingerprint density at radius 2 is 2.29 bits per heavy atom. The molecule has 0 saturated carbocycles. The molecule has 0 bridgehead atoms. The second-order valence-corrected chi connectivity index (χ2v) is 5.37. The number of benzene rings is 1. The van der Waals surface area contributed by atoms with E-state index in [9.17, 15) is 0 Å². The second-order valence-electron chi connectivity index (χ2n) is 4.04. The molecular weight excluding hydrogens is 252 g/mol. The number of likely N-dealkylation sites (N-methyl/N-ethyl adjacent to an activating group) is 1. The van der Waals surface area contributed by atoms with Crippen LogP contribution < -0.4 is 5.32 Å². The van der Waals surface area contributed by atoms with Crippen LogP contribution in [0.1, 0.15) is 22.0 Å². The lowest BCUT2D eigenvalue weighted by Gasteiger charge is -2.15. The molecule has 1 aromatic heterocycles. The first kappa shape index (κ1) is 12.6. The second kappa shape index (κ2) is 5.63. The van der Waals surface area contributed by atoms with Crippen molar-refractivity contribution in [3.8, 4) is 0 Å². The highest BCUT2D eigenvalue weighted by Gasteiger charge is 2.13. The van der Waals surface area contributed by atoms with Gasteiger partial charge in [-0.15, -0.1) is 11.3 Å². The number of rotatable bonds is 4. The van der Waals surface area contributed by atoms with Crippen LogP contribution in [0.25, 0.3) is 0 Å². The average molecular weight is 267 g/mol. The summed E-state index contributed by atoms with van der Waals surface area (Å²) in [4.78, 5) is 5.35. The number of hydrogen-bond donors (Lipinski definition) is 1. The van der Waals surface area contributed by atoms with E-state index >= 15 is 0 Å². The minimum Gasteiger partial charge on any atom is -0.312 e. The Balaban J connectivity index is 2.19. The molecule has 1 heterocycles. The van der Waals surface area contributed by atoms with E-state index in [0.29, 0.717) is 0 Å². The maximum Gasteiger partial charge on any atom is 0.0794 e. The Morgan fingerprint density at radius 3 is 2.88 bits per heavy atom. The quantitative estimate of drug-likeness (QED) is 0.915. The van der Waals surface area contributed by atoms with Crippen molar-refractivity contribution in [3.63, 3.8) is 0 Å². The smallest absolute Gasteiger partial charge is 0.0794 e. The largest absolute Gasteiger partial charge is 0.312 e. The predicted molar refractivity (Wildman–Crippen MR) is 73.8 cm³/mol. The summed E-state index contributed by atoms with van der Waals surface area (Å²) in [6.07, 6.45) is 2.80. The van der Waals surface area contributed by atoms with Crippen LogP contribution >= 0.6 is 22.9 Å². The highest BCUT2D eigenvalue weighted by atomic mass is 35.5. The molecule has 2 aromatic rings. The third kappa shape index (κ3) is 3.06. The molecular formula is C13H15ClN2S. The van der Waals surface area contributed by atoms with Crippen LogP contribution in [0.5, 0.6) is 0 Å². The summed E-state index contributed by atoms with van der Waals surface area (Å²) in [5, 5.41) is 4.15. The minimum absolute atomic E-state index is 0.280. The van der Waals surface area contributed by atoms with Gasteiger partial charge in [0, 0.05) is 22.1 Å². The van der Waals surface area contributed by atoms with Crippen molar-refractivity contribution in [1.29, 1.82) is 0 Å². The molecule has 0 spiro atoms. The number of halogens is 1. The van der Waals surface area contributed by atoms with Gasteiger partial charge in [0.25, 0.3) is 0 Å². The highest BCUT2D eigenvalue weighted by Crippen LogP contribution is 2.25. The van der Waals surface area contributed by atoms with E-state index in [0.717, 1.165) is 11.4 Å². The van der Waals surface area contributed by atoms with E-state index in [1.54, 1.807) is 11.3 Å². The van der Waals surface area contributed by atoms with Gasteiger partial charge in [-0.2, -0.15) is 0 Å². The van der Waals surface area contributed by atoms with Gasteiger partial charge in [0.15, 0.2) is 0 Å². The number of hydrogen-bond acceptors (Lipinski definition) is 3. The standard InChI is InChI=1S/C13H15ClN2S/c1-9-3-4-10(11(14)5-9)6-12(15-2)13-7-16-8-17-13/h3-5,7-8,12,15H,6H2,1-2H3. The number of aryl methyl sites for hydroxylation is 1. The Labute approximate surface area is 111 Å². The van der Waals surface area contributed by atoms with Gasteiger partial charge < -0.3 is 5.32 Å². The van der Waals surface area contributed by atoms with Crippen LogP contribution in [-0.2, 0) is 6.42 Å². The zero-order valence-corrected chi connectivity index (χ0v) is 11.5. The molecule has 17 heavy (non-hydrogen) atoms. The van der Waals surface area contributed by atoms with Crippen molar-refractivity contribution in [3.05, 3.63) is 50.9 Å². The highest BCUT2D eigenvalue weighted by molar-refractivity contribution is 7.09. The third-order valence-corrected chi connectivity index (χ3v) is 4.02. The summed E-state index contributed by atoms with van der Waals surface area (Å²) in [5.74, 6) is 0. The Hall–Kier alpha value is -0.900. The molecule has 2 nitrogen and oxygen atoms in total. The number of aromatic nitrogens is 1. The van der Waals surface area contributed by atoms with Crippen molar-refractivity contribution in [2.45, 2.75) is 19.4 Å². The van der Waals surface area contributed by atoms with Gasteiger partial charge >= 0.3 is 0 Å². The van der Waals surface area contributed by atoms with E-state index < -0.39 is 0 Å². The van der Waals surface area contributed by atoms with Crippen molar-refractivity contribution < 1.29 is 0 Å². The van der Waals surface area contributed by atoms with Gasteiger partial charge in [-0.1, -0.05) is 23.7 Å². The summed E-state index contributed by atoms with van der Waals surface area (Å²) in [6, 6.07) is 6.49. The van der Waals surface area contributed by atoms with Crippen molar-refractivity contribution in [2.75, 3.05) is 7.05 Å². The Bertz CT molecular complexity index is 482. The molecule has 2 rings (SSSR count). The predicted octanol–water partition coefficient (Wildman–Crippen LogP) is 3.61. The fourth-order valence-electron chi connectivity index (χ4n) is 1.78. The molecule has 0 fully saturated rings. The topological polar surface area (TPSA) is 24.9 Å². The molecule has 90 valence electrons. The first-order valence-electron chi connectivity index (χ1n) is 5.51. The number of nitrogens with zero attached hydrogens (tertiary/aromatic N) is 1. The molecule has 0 radical (unpaired) electrons. The van der Waals surface area contributed by atoms with E-state index in [1.165, 1.54) is 16.0 Å². The molecule has 1 unspecified atom stereocenters. The van der Waals surface area contributed by atoms with Crippen LogP contribution in [-0.4, -0.2) is 12.0 Å². The average Bonchev–Trinajstić information content (AvgIpc) is 2.81. The fraction of sp³-hybridized carbons (Fsp3) is 0.308. The molecule has 0 aliphatic carbocycles. The van der Waals surface area contributed by atoms with Gasteiger partial charge in [0.1, 0.15) is 0 Å². The molecule has 0 saturated heterocycles. The van der Waals surface area contributed by atoms with Gasteiger partial charge in [0.05, 0.1) is 5.51 Å². The van der Waals surface area contributed by atoms with E-state index in [1.807, 2.05) is 24.8 Å². The maximum atomic E-state index is 6.25. The summed E-state index contributed by atoms with van der Waals surface area (Å²) >= 11 is 7.92. The molecule has 1 N–H and O–H groups in total. The SMILES string of the molecule is CNC(Cc1ccc(C)cc1Cl)c1cncs1. The van der Waals surface area contributed by atoms with E-state index in [4.69, 9.17) is 11.6 Å². The maximum absolute atomic E-state index is 6.25. The minimum atomic E-state index is 0.280. The Kier molecular flexibility index (Phi) is 4.15. The zero-order chi connectivity index (χ0) is 12.3. The Morgan fingerprint density at radius 1 is 1.47 bits per heavy atom. The van der Waals surface area contributed by atoms with Crippen LogP contribution in [0, 0.1) is 6.92 Å². The lowest BCUT2D eigenvalue weighted by molar-refractivity contribution is 0.601. The summed E-state index contributed by atoms with van der Waals surface area (Å²) < 4.78 is 0. The molecule has 0 aliphatic rings. The molecule has 0 amide bonds. The number of thiazole rings is 1. The van der Waals surface area contributed by atoms with E-state index in [2.05, 4.69) is 29.4 Å². The first-order valence-corrected chi connectivity index (χ1v) is 6.77. The fourth-order valence-corrected chi connectivity index (χ4v) is 2.82.